The summed E-state index contributed by atoms with van der Waals surface area (Å²) in [6, 6.07) is 10.5. The van der Waals surface area contributed by atoms with Crippen molar-refractivity contribution in [1.82, 2.24) is 9.55 Å². The van der Waals surface area contributed by atoms with E-state index in [9.17, 15) is 0 Å². The van der Waals surface area contributed by atoms with E-state index in [-0.39, 0.29) is 0 Å². The maximum atomic E-state index is 4.54. The van der Waals surface area contributed by atoms with E-state index >= 15 is 0 Å². The molecule has 0 unspecified atom stereocenters. The third-order valence-corrected chi connectivity index (χ3v) is 4.76. The van der Waals surface area contributed by atoms with Crippen LogP contribution in [-0.2, 0) is 6.42 Å². The highest BCUT2D eigenvalue weighted by Gasteiger charge is 2.04. The molecule has 0 aliphatic carbocycles. The molecule has 0 atom stereocenters. The van der Waals surface area contributed by atoms with Gasteiger partial charge in [-0.1, -0.05) is 89.3 Å². The SMILES string of the molecule is CCCCCCCCCCCCCc1nccn1-c1ccccc1. The highest BCUT2D eigenvalue weighted by atomic mass is 15.1. The Morgan fingerprint density at radius 2 is 1.33 bits per heavy atom. The number of nitrogens with zero attached hydrogens (tertiary/aromatic N) is 2. The Morgan fingerprint density at radius 1 is 0.750 bits per heavy atom. The normalized spacial score (nSPS) is 11.0. The number of para-hydroxylation sites is 1. The maximum Gasteiger partial charge on any atom is 0.113 e. The summed E-state index contributed by atoms with van der Waals surface area (Å²) in [7, 11) is 0. The molecule has 24 heavy (non-hydrogen) atoms. The van der Waals surface area contributed by atoms with Crippen molar-refractivity contribution in [3.8, 4) is 5.69 Å². The van der Waals surface area contributed by atoms with Crippen LogP contribution in [0.3, 0.4) is 0 Å². The Bertz CT molecular complexity index is 530. The molecule has 132 valence electrons. The second kappa shape index (κ2) is 11.9. The molecule has 2 aromatic rings. The van der Waals surface area contributed by atoms with Crippen LogP contribution in [0.1, 0.15) is 83.4 Å². The number of hydrogen-bond donors (Lipinski definition) is 0. The predicted molar refractivity (Wildman–Crippen MR) is 104 cm³/mol. The lowest BCUT2D eigenvalue weighted by Gasteiger charge is -2.07. The van der Waals surface area contributed by atoms with Gasteiger partial charge in [-0.2, -0.15) is 0 Å². The van der Waals surface area contributed by atoms with Gasteiger partial charge in [0, 0.05) is 24.5 Å². The van der Waals surface area contributed by atoms with Crippen LogP contribution >= 0.6 is 0 Å². The van der Waals surface area contributed by atoms with Crippen LogP contribution in [0.4, 0.5) is 0 Å². The molecule has 0 aliphatic rings. The van der Waals surface area contributed by atoms with Crippen LogP contribution in [0.15, 0.2) is 42.7 Å². The first kappa shape index (κ1) is 18.8. The van der Waals surface area contributed by atoms with Crippen molar-refractivity contribution in [3.63, 3.8) is 0 Å². The van der Waals surface area contributed by atoms with E-state index in [2.05, 4.69) is 53.0 Å². The second-order valence-corrected chi connectivity index (χ2v) is 6.83. The molecule has 0 fully saturated rings. The molecule has 1 aromatic heterocycles. The summed E-state index contributed by atoms with van der Waals surface area (Å²) in [6.07, 6.45) is 20.4. The topological polar surface area (TPSA) is 17.8 Å². The summed E-state index contributed by atoms with van der Waals surface area (Å²) < 4.78 is 2.22. The molecular formula is C22H34N2. The summed E-state index contributed by atoms with van der Waals surface area (Å²) in [5, 5.41) is 0. The van der Waals surface area contributed by atoms with E-state index in [1.807, 2.05) is 6.20 Å². The van der Waals surface area contributed by atoms with E-state index < -0.39 is 0 Å². The first-order valence-electron chi connectivity index (χ1n) is 9.99. The number of aromatic nitrogens is 2. The summed E-state index contributed by atoms with van der Waals surface area (Å²) in [4.78, 5) is 4.54. The second-order valence-electron chi connectivity index (χ2n) is 6.83. The molecule has 0 bridgehead atoms. The van der Waals surface area contributed by atoms with Gasteiger partial charge in [0.2, 0.25) is 0 Å². The number of hydrogen-bond acceptors (Lipinski definition) is 1. The monoisotopic (exact) mass is 326 g/mol. The molecule has 2 rings (SSSR count). The van der Waals surface area contributed by atoms with E-state index in [1.165, 1.54) is 82.1 Å². The molecule has 0 aliphatic heterocycles. The fourth-order valence-electron chi connectivity index (χ4n) is 3.29. The predicted octanol–water partition coefficient (Wildman–Crippen LogP) is 6.73. The Hall–Kier alpha value is -1.57. The van der Waals surface area contributed by atoms with Crippen molar-refractivity contribution in [2.24, 2.45) is 0 Å². The molecule has 2 heteroatoms. The molecule has 0 saturated heterocycles. The third-order valence-electron chi connectivity index (χ3n) is 4.76. The average Bonchev–Trinajstić information content (AvgIpc) is 3.09. The zero-order valence-corrected chi connectivity index (χ0v) is 15.4. The van der Waals surface area contributed by atoms with Gasteiger partial charge in [0.25, 0.3) is 0 Å². The fraction of sp³-hybridized carbons (Fsp3) is 0.591. The number of unbranched alkanes of at least 4 members (excludes halogenated alkanes) is 10. The Labute approximate surface area is 148 Å². The Balaban J connectivity index is 1.54. The number of aryl methyl sites for hydroxylation is 1. The molecule has 1 aromatic carbocycles. The van der Waals surface area contributed by atoms with Gasteiger partial charge < -0.3 is 4.57 Å². The van der Waals surface area contributed by atoms with E-state index in [0.717, 1.165) is 6.42 Å². The van der Waals surface area contributed by atoms with E-state index in [1.54, 1.807) is 0 Å². The molecule has 2 nitrogen and oxygen atoms in total. The summed E-state index contributed by atoms with van der Waals surface area (Å²) in [6.45, 7) is 2.28. The van der Waals surface area contributed by atoms with Crippen LogP contribution in [-0.4, -0.2) is 9.55 Å². The van der Waals surface area contributed by atoms with Gasteiger partial charge in [0.15, 0.2) is 0 Å². The Morgan fingerprint density at radius 3 is 1.96 bits per heavy atom. The zero-order valence-electron chi connectivity index (χ0n) is 15.4. The fourth-order valence-corrected chi connectivity index (χ4v) is 3.29. The van der Waals surface area contributed by atoms with Crippen molar-refractivity contribution >= 4 is 0 Å². The van der Waals surface area contributed by atoms with Gasteiger partial charge in [-0.15, -0.1) is 0 Å². The molecular weight excluding hydrogens is 292 g/mol. The Kier molecular flexibility index (Phi) is 9.29. The first-order chi connectivity index (χ1) is 11.9. The molecule has 0 saturated carbocycles. The van der Waals surface area contributed by atoms with Gasteiger partial charge in [-0.3, -0.25) is 0 Å². The highest BCUT2D eigenvalue weighted by Crippen LogP contribution is 2.14. The molecule has 0 N–H and O–H groups in total. The highest BCUT2D eigenvalue weighted by molar-refractivity contribution is 5.32. The zero-order chi connectivity index (χ0) is 16.9. The molecule has 1 heterocycles. The van der Waals surface area contributed by atoms with Crippen molar-refractivity contribution in [2.75, 3.05) is 0 Å². The maximum absolute atomic E-state index is 4.54. The first-order valence-corrected chi connectivity index (χ1v) is 9.99. The lowest BCUT2D eigenvalue weighted by Crippen LogP contribution is -2.00. The molecule has 0 radical (unpaired) electrons. The summed E-state index contributed by atoms with van der Waals surface area (Å²) in [5.41, 5.74) is 1.22. The lowest BCUT2D eigenvalue weighted by atomic mass is 10.1. The van der Waals surface area contributed by atoms with Gasteiger partial charge in [0.1, 0.15) is 5.82 Å². The minimum atomic E-state index is 1.08. The molecule has 0 amide bonds. The van der Waals surface area contributed by atoms with Gasteiger partial charge in [-0.25, -0.2) is 4.98 Å². The largest absolute Gasteiger partial charge is 0.304 e. The standard InChI is InChI=1S/C22H34N2/c1-2-3-4-5-6-7-8-9-10-11-15-18-22-23-19-20-24(22)21-16-13-12-14-17-21/h12-14,16-17,19-20H,2-11,15,18H2,1H3. The van der Waals surface area contributed by atoms with Crippen molar-refractivity contribution < 1.29 is 0 Å². The van der Waals surface area contributed by atoms with Gasteiger partial charge in [0.05, 0.1) is 0 Å². The van der Waals surface area contributed by atoms with Crippen LogP contribution in [0, 0.1) is 0 Å². The number of rotatable bonds is 13. The van der Waals surface area contributed by atoms with Crippen molar-refractivity contribution in [1.29, 1.82) is 0 Å². The third kappa shape index (κ3) is 6.90. The van der Waals surface area contributed by atoms with Crippen LogP contribution < -0.4 is 0 Å². The summed E-state index contributed by atoms with van der Waals surface area (Å²) >= 11 is 0. The quantitative estimate of drug-likeness (QED) is 0.373. The molecule has 0 spiro atoms. The minimum absolute atomic E-state index is 1.08. The van der Waals surface area contributed by atoms with Crippen LogP contribution in [0.25, 0.3) is 5.69 Å². The van der Waals surface area contributed by atoms with Crippen molar-refractivity contribution in [3.05, 3.63) is 48.5 Å². The van der Waals surface area contributed by atoms with Crippen molar-refractivity contribution in [2.45, 2.75) is 84.0 Å². The van der Waals surface area contributed by atoms with Gasteiger partial charge >= 0.3 is 0 Å². The smallest absolute Gasteiger partial charge is 0.113 e. The number of imidazole rings is 1. The van der Waals surface area contributed by atoms with E-state index in [0.29, 0.717) is 0 Å². The average molecular weight is 327 g/mol. The minimum Gasteiger partial charge on any atom is -0.304 e. The number of benzene rings is 1. The van der Waals surface area contributed by atoms with Crippen LogP contribution in [0.5, 0.6) is 0 Å². The van der Waals surface area contributed by atoms with E-state index in [4.69, 9.17) is 0 Å². The van der Waals surface area contributed by atoms with Gasteiger partial charge in [-0.05, 0) is 18.6 Å². The lowest BCUT2D eigenvalue weighted by molar-refractivity contribution is 0.547. The summed E-state index contributed by atoms with van der Waals surface area (Å²) in [5.74, 6) is 1.19. The van der Waals surface area contributed by atoms with Crippen LogP contribution in [0.2, 0.25) is 0 Å².